The largest absolute Gasteiger partial charge is 0.384 e. The van der Waals surface area contributed by atoms with Crippen LogP contribution >= 0.6 is 11.8 Å². The van der Waals surface area contributed by atoms with Gasteiger partial charge in [0.15, 0.2) is 5.17 Å². The maximum absolute atomic E-state index is 13.3. The van der Waals surface area contributed by atoms with Crippen molar-refractivity contribution < 1.29 is 9.13 Å². The molecule has 0 radical (unpaired) electrons. The maximum atomic E-state index is 13.3. The van der Waals surface area contributed by atoms with Crippen LogP contribution < -0.4 is 4.90 Å². The molecule has 0 saturated carbocycles. The van der Waals surface area contributed by atoms with Gasteiger partial charge in [0.25, 0.3) is 0 Å². The van der Waals surface area contributed by atoms with Crippen molar-refractivity contribution in [3.8, 4) is 0 Å². The minimum absolute atomic E-state index is 0.209. The molecule has 3 aliphatic rings. The number of ether oxygens (including phenoxy) is 1. The van der Waals surface area contributed by atoms with Gasteiger partial charge in [-0.2, -0.15) is 0 Å². The molecule has 29 heavy (non-hydrogen) atoms. The van der Waals surface area contributed by atoms with Crippen molar-refractivity contribution in [3.05, 3.63) is 64.2 Å². The van der Waals surface area contributed by atoms with Gasteiger partial charge < -0.3 is 9.64 Å². The third kappa shape index (κ3) is 4.01. The van der Waals surface area contributed by atoms with Crippen LogP contribution in [0, 0.1) is 11.7 Å². The van der Waals surface area contributed by atoms with Crippen molar-refractivity contribution in [2.45, 2.75) is 33.1 Å². The van der Waals surface area contributed by atoms with Crippen LogP contribution in [0.25, 0.3) is 0 Å². The molecule has 6 heteroatoms. The predicted molar refractivity (Wildman–Crippen MR) is 119 cm³/mol. The number of amidine groups is 1. The number of anilines is 1. The number of thioether (sulfide) groups is 1. The van der Waals surface area contributed by atoms with Crippen LogP contribution in [0.4, 0.5) is 10.1 Å². The molecule has 1 aromatic carbocycles. The average molecular weight is 414 g/mol. The summed E-state index contributed by atoms with van der Waals surface area (Å²) in [4.78, 5) is 11.0. The first kappa shape index (κ1) is 20.2. The minimum atomic E-state index is -0.209. The molecule has 4 nitrogen and oxygen atoms in total. The summed E-state index contributed by atoms with van der Waals surface area (Å²) in [6.45, 7) is 6.58. The zero-order chi connectivity index (χ0) is 20.4. The SMILES string of the molecule is CC/C=C1/C=C(CN(CC)c2ccc(F)cc2)N=C2SC3=C(C(COC)CC3)N21. The molecular formula is C23H28FN3OS. The monoisotopic (exact) mass is 413 g/mol. The zero-order valence-electron chi connectivity index (χ0n) is 17.3. The number of nitrogens with zero attached hydrogens (tertiary/aromatic N) is 3. The van der Waals surface area contributed by atoms with E-state index >= 15 is 0 Å². The Morgan fingerprint density at radius 1 is 1.31 bits per heavy atom. The third-order valence-electron chi connectivity index (χ3n) is 5.56. The number of rotatable bonds is 7. The molecule has 2 aliphatic heterocycles. The molecule has 1 atom stereocenters. The lowest BCUT2D eigenvalue weighted by molar-refractivity contribution is 0.159. The molecule has 154 valence electrons. The highest BCUT2D eigenvalue weighted by atomic mass is 32.2. The zero-order valence-corrected chi connectivity index (χ0v) is 18.1. The number of likely N-dealkylation sites (N-methyl/N-ethyl adjacent to an activating group) is 1. The van der Waals surface area contributed by atoms with E-state index in [1.54, 1.807) is 7.11 Å². The smallest absolute Gasteiger partial charge is 0.177 e. The van der Waals surface area contributed by atoms with Crippen molar-refractivity contribution in [2.75, 3.05) is 31.7 Å². The van der Waals surface area contributed by atoms with Crippen LogP contribution in [-0.4, -0.2) is 36.9 Å². The average Bonchev–Trinajstić information content (AvgIpc) is 3.27. The quantitative estimate of drug-likeness (QED) is 0.589. The van der Waals surface area contributed by atoms with E-state index in [4.69, 9.17) is 9.73 Å². The Hall–Kier alpha value is -2.05. The predicted octanol–water partition coefficient (Wildman–Crippen LogP) is 5.52. The molecule has 0 aromatic heterocycles. The molecule has 0 saturated heterocycles. The number of aliphatic imine (C=N–C) groups is 1. The van der Waals surface area contributed by atoms with Crippen molar-refractivity contribution in [3.63, 3.8) is 0 Å². The molecule has 1 unspecified atom stereocenters. The molecule has 2 heterocycles. The van der Waals surface area contributed by atoms with Gasteiger partial charge in [-0.15, -0.1) is 0 Å². The first-order chi connectivity index (χ1) is 14.1. The molecular weight excluding hydrogens is 385 g/mol. The number of allylic oxidation sites excluding steroid dienone is 3. The minimum Gasteiger partial charge on any atom is -0.384 e. The van der Waals surface area contributed by atoms with E-state index in [0.717, 1.165) is 49.0 Å². The Morgan fingerprint density at radius 3 is 2.79 bits per heavy atom. The standard InChI is InChI=1S/C23H28FN3OS/c1-4-6-20-13-18(14-26(5-2)19-10-8-17(24)9-11-19)25-23-27(20)22-16(15-28-3)7-12-21(22)29-23/h6,8-11,13,16H,4-5,7,12,14-15H2,1-3H3/b20-6-. The summed E-state index contributed by atoms with van der Waals surface area (Å²) < 4.78 is 18.8. The number of hydrogen-bond acceptors (Lipinski definition) is 5. The number of fused-ring (bicyclic) bond motifs is 2. The summed E-state index contributed by atoms with van der Waals surface area (Å²) in [7, 11) is 1.78. The van der Waals surface area contributed by atoms with Gasteiger partial charge in [0, 0.05) is 41.6 Å². The van der Waals surface area contributed by atoms with Crippen LogP contribution in [0.5, 0.6) is 0 Å². The lowest BCUT2D eigenvalue weighted by atomic mass is 10.1. The van der Waals surface area contributed by atoms with Crippen LogP contribution in [0.15, 0.2) is 63.4 Å². The fourth-order valence-electron chi connectivity index (χ4n) is 4.22. The van der Waals surface area contributed by atoms with E-state index in [1.807, 2.05) is 23.9 Å². The highest BCUT2D eigenvalue weighted by Gasteiger charge is 2.41. The van der Waals surface area contributed by atoms with Gasteiger partial charge in [-0.05, 0) is 56.5 Å². The third-order valence-corrected chi connectivity index (χ3v) is 6.67. The molecule has 0 amide bonds. The number of methoxy groups -OCH3 is 1. The van der Waals surface area contributed by atoms with Gasteiger partial charge in [-0.3, -0.25) is 4.90 Å². The Labute approximate surface area is 176 Å². The van der Waals surface area contributed by atoms with Gasteiger partial charge in [0.2, 0.25) is 0 Å². The molecule has 0 fully saturated rings. The molecule has 4 rings (SSSR count). The topological polar surface area (TPSA) is 28.1 Å². The van der Waals surface area contributed by atoms with Crippen molar-refractivity contribution in [1.29, 1.82) is 0 Å². The molecule has 0 bridgehead atoms. The Kier molecular flexibility index (Phi) is 6.11. The number of benzene rings is 1. The first-order valence-electron chi connectivity index (χ1n) is 10.3. The fraction of sp³-hybridized carbons (Fsp3) is 0.435. The second-order valence-corrected chi connectivity index (χ2v) is 8.56. The Balaban J connectivity index is 1.60. The maximum Gasteiger partial charge on any atom is 0.177 e. The molecule has 1 aromatic rings. The second-order valence-electron chi connectivity index (χ2n) is 7.49. The van der Waals surface area contributed by atoms with Gasteiger partial charge in [0.05, 0.1) is 18.8 Å². The number of halogens is 1. The number of hydrogen-bond donors (Lipinski definition) is 0. The fourth-order valence-corrected chi connectivity index (χ4v) is 5.48. The van der Waals surface area contributed by atoms with Gasteiger partial charge in [-0.1, -0.05) is 24.8 Å². The summed E-state index contributed by atoms with van der Waals surface area (Å²) >= 11 is 1.81. The highest BCUT2D eigenvalue weighted by Crippen LogP contribution is 2.50. The summed E-state index contributed by atoms with van der Waals surface area (Å²) in [5, 5.41) is 1.06. The normalized spacial score (nSPS) is 22.0. The highest BCUT2D eigenvalue weighted by molar-refractivity contribution is 8.17. The van der Waals surface area contributed by atoms with E-state index in [2.05, 4.69) is 35.8 Å². The van der Waals surface area contributed by atoms with Crippen molar-refractivity contribution in [2.24, 2.45) is 10.9 Å². The van der Waals surface area contributed by atoms with Crippen LogP contribution in [0.1, 0.15) is 33.1 Å². The van der Waals surface area contributed by atoms with Gasteiger partial charge in [-0.25, -0.2) is 9.38 Å². The molecule has 0 spiro atoms. The van der Waals surface area contributed by atoms with Crippen molar-refractivity contribution in [1.82, 2.24) is 4.90 Å². The summed E-state index contributed by atoms with van der Waals surface area (Å²) in [5.74, 6) is 0.232. The second kappa shape index (κ2) is 8.76. The van der Waals surface area contributed by atoms with Crippen LogP contribution in [-0.2, 0) is 4.74 Å². The Morgan fingerprint density at radius 2 is 2.10 bits per heavy atom. The Bertz CT molecular complexity index is 888. The van der Waals surface area contributed by atoms with E-state index in [9.17, 15) is 4.39 Å². The first-order valence-corrected chi connectivity index (χ1v) is 11.2. The van der Waals surface area contributed by atoms with E-state index < -0.39 is 0 Å². The molecule has 1 aliphatic carbocycles. The summed E-state index contributed by atoms with van der Waals surface area (Å²) in [6, 6.07) is 6.70. The lowest BCUT2D eigenvalue weighted by Gasteiger charge is -2.31. The van der Waals surface area contributed by atoms with E-state index in [0.29, 0.717) is 12.5 Å². The summed E-state index contributed by atoms with van der Waals surface area (Å²) in [5.41, 5.74) is 4.65. The van der Waals surface area contributed by atoms with Gasteiger partial charge in [0.1, 0.15) is 5.82 Å². The van der Waals surface area contributed by atoms with Crippen LogP contribution in [0.2, 0.25) is 0 Å². The molecule has 0 N–H and O–H groups in total. The van der Waals surface area contributed by atoms with E-state index in [-0.39, 0.29) is 5.82 Å². The van der Waals surface area contributed by atoms with Gasteiger partial charge >= 0.3 is 0 Å². The van der Waals surface area contributed by atoms with Crippen LogP contribution in [0.3, 0.4) is 0 Å². The van der Waals surface area contributed by atoms with Crippen molar-refractivity contribution >= 4 is 22.6 Å². The van der Waals surface area contributed by atoms with E-state index in [1.165, 1.54) is 28.4 Å². The summed E-state index contributed by atoms with van der Waals surface area (Å²) in [6.07, 6.45) is 7.72. The lowest BCUT2D eigenvalue weighted by Crippen LogP contribution is -2.32.